The highest BCUT2D eigenvalue weighted by Gasteiger charge is 2.30. The van der Waals surface area contributed by atoms with Crippen LogP contribution in [-0.4, -0.2) is 28.6 Å². The molecule has 0 saturated heterocycles. The van der Waals surface area contributed by atoms with E-state index in [2.05, 4.69) is 11.6 Å². The van der Waals surface area contributed by atoms with E-state index in [1.54, 1.807) is 6.07 Å². The van der Waals surface area contributed by atoms with Gasteiger partial charge in [0.05, 0.1) is 5.56 Å². The number of thioether (sulfide) groups is 1. The van der Waals surface area contributed by atoms with Gasteiger partial charge in [0.1, 0.15) is 0 Å². The number of carbonyl (C=O) groups is 1. The average molecular weight is 293 g/mol. The molecule has 0 aromatic heterocycles. The monoisotopic (exact) mass is 293 g/mol. The van der Waals surface area contributed by atoms with Gasteiger partial charge in [0.2, 0.25) is 0 Å². The fraction of sp³-hybridized carbons (Fsp3) is 0.562. The minimum absolute atomic E-state index is 0.345. The number of rotatable bonds is 5. The van der Waals surface area contributed by atoms with E-state index in [1.807, 2.05) is 30.8 Å². The molecule has 2 N–H and O–H groups in total. The predicted molar refractivity (Wildman–Crippen MR) is 86.0 cm³/mol. The quantitative estimate of drug-likeness (QED) is 0.855. The molecule has 1 aromatic rings. The van der Waals surface area contributed by atoms with Crippen molar-refractivity contribution in [1.82, 2.24) is 0 Å². The van der Waals surface area contributed by atoms with Gasteiger partial charge in [0.15, 0.2) is 0 Å². The number of hydrogen-bond donors (Lipinski definition) is 2. The van der Waals surface area contributed by atoms with Gasteiger partial charge in [0.25, 0.3) is 0 Å². The zero-order chi connectivity index (χ0) is 14.6. The fourth-order valence-electron chi connectivity index (χ4n) is 2.93. The van der Waals surface area contributed by atoms with Crippen LogP contribution >= 0.6 is 11.8 Å². The lowest BCUT2D eigenvalue weighted by Gasteiger charge is -2.36. The van der Waals surface area contributed by atoms with Crippen LogP contribution in [0, 0.1) is 6.92 Å². The Bertz CT molecular complexity index is 481. The first-order chi connectivity index (χ1) is 9.56. The van der Waals surface area contributed by atoms with Crippen molar-refractivity contribution < 1.29 is 9.90 Å². The third-order valence-electron chi connectivity index (χ3n) is 4.27. The van der Waals surface area contributed by atoms with Gasteiger partial charge in [-0.15, -0.1) is 0 Å². The van der Waals surface area contributed by atoms with E-state index in [1.165, 1.54) is 32.1 Å². The summed E-state index contributed by atoms with van der Waals surface area (Å²) >= 11 is 1.97. The Kier molecular flexibility index (Phi) is 4.97. The van der Waals surface area contributed by atoms with Crippen molar-refractivity contribution >= 4 is 23.4 Å². The second-order valence-corrected chi connectivity index (χ2v) is 6.91. The lowest BCUT2D eigenvalue weighted by atomic mass is 9.88. The first kappa shape index (κ1) is 15.2. The van der Waals surface area contributed by atoms with E-state index in [0.717, 1.165) is 17.8 Å². The first-order valence-electron chi connectivity index (χ1n) is 7.19. The molecule has 20 heavy (non-hydrogen) atoms. The highest BCUT2D eigenvalue weighted by Crippen LogP contribution is 2.38. The molecule has 0 radical (unpaired) electrons. The van der Waals surface area contributed by atoms with Crippen LogP contribution in [-0.2, 0) is 0 Å². The van der Waals surface area contributed by atoms with Crippen molar-refractivity contribution in [2.24, 2.45) is 0 Å². The van der Waals surface area contributed by atoms with Crippen molar-refractivity contribution in [2.45, 2.75) is 43.8 Å². The Morgan fingerprint density at radius 2 is 2.05 bits per heavy atom. The SMILES string of the molecule is CSC1(CNc2ccc(C(=O)O)c(C)c2)CCCCC1. The molecule has 1 saturated carbocycles. The molecule has 2 rings (SSSR count). The Balaban J connectivity index is 2.03. The third kappa shape index (κ3) is 3.48. The number of anilines is 1. The Morgan fingerprint density at radius 1 is 1.35 bits per heavy atom. The molecule has 4 heteroatoms. The number of nitrogens with one attached hydrogen (secondary N) is 1. The van der Waals surface area contributed by atoms with E-state index in [-0.39, 0.29) is 0 Å². The minimum Gasteiger partial charge on any atom is -0.478 e. The molecular formula is C16H23NO2S. The van der Waals surface area contributed by atoms with Crippen LogP contribution in [0.3, 0.4) is 0 Å². The Hall–Kier alpha value is -1.16. The van der Waals surface area contributed by atoms with Gasteiger partial charge in [-0.3, -0.25) is 0 Å². The first-order valence-corrected chi connectivity index (χ1v) is 8.42. The molecule has 0 bridgehead atoms. The van der Waals surface area contributed by atoms with Crippen LogP contribution in [0.5, 0.6) is 0 Å². The third-order valence-corrected chi connectivity index (χ3v) is 5.69. The summed E-state index contributed by atoms with van der Waals surface area (Å²) in [6, 6.07) is 5.49. The maximum Gasteiger partial charge on any atom is 0.335 e. The van der Waals surface area contributed by atoms with Gasteiger partial charge >= 0.3 is 5.97 Å². The summed E-state index contributed by atoms with van der Waals surface area (Å²) in [4.78, 5) is 11.0. The summed E-state index contributed by atoms with van der Waals surface area (Å²) in [6.07, 6.45) is 8.74. The van der Waals surface area contributed by atoms with Crippen molar-refractivity contribution in [1.29, 1.82) is 0 Å². The van der Waals surface area contributed by atoms with Crippen LogP contribution in [0.1, 0.15) is 48.0 Å². The molecule has 1 aliphatic carbocycles. The number of aryl methyl sites for hydroxylation is 1. The second-order valence-electron chi connectivity index (χ2n) is 5.64. The fourth-order valence-corrected chi connectivity index (χ4v) is 3.84. The molecule has 0 unspecified atom stereocenters. The Morgan fingerprint density at radius 3 is 2.60 bits per heavy atom. The van der Waals surface area contributed by atoms with E-state index in [9.17, 15) is 4.79 Å². The summed E-state index contributed by atoms with van der Waals surface area (Å²) < 4.78 is 0.345. The van der Waals surface area contributed by atoms with Gasteiger partial charge in [-0.25, -0.2) is 4.79 Å². The molecular weight excluding hydrogens is 270 g/mol. The lowest BCUT2D eigenvalue weighted by molar-refractivity contribution is 0.0696. The van der Waals surface area contributed by atoms with Gasteiger partial charge < -0.3 is 10.4 Å². The van der Waals surface area contributed by atoms with Gasteiger partial charge in [-0.1, -0.05) is 19.3 Å². The minimum atomic E-state index is -0.859. The van der Waals surface area contributed by atoms with Gasteiger partial charge in [-0.2, -0.15) is 11.8 Å². The van der Waals surface area contributed by atoms with Gasteiger partial charge in [-0.05, 0) is 49.8 Å². The van der Waals surface area contributed by atoms with Crippen LogP contribution in [0.2, 0.25) is 0 Å². The van der Waals surface area contributed by atoms with Crippen molar-refractivity contribution in [3.05, 3.63) is 29.3 Å². The van der Waals surface area contributed by atoms with Crippen LogP contribution < -0.4 is 5.32 Å². The zero-order valence-corrected chi connectivity index (χ0v) is 13.1. The van der Waals surface area contributed by atoms with Crippen molar-refractivity contribution in [2.75, 3.05) is 18.1 Å². The molecule has 0 aliphatic heterocycles. The smallest absolute Gasteiger partial charge is 0.335 e. The highest BCUT2D eigenvalue weighted by molar-refractivity contribution is 8.00. The normalized spacial score (nSPS) is 17.7. The number of hydrogen-bond acceptors (Lipinski definition) is 3. The molecule has 110 valence electrons. The average Bonchev–Trinajstić information content (AvgIpc) is 2.46. The zero-order valence-electron chi connectivity index (χ0n) is 12.2. The van der Waals surface area contributed by atoms with Crippen molar-refractivity contribution in [3.8, 4) is 0 Å². The van der Waals surface area contributed by atoms with Gasteiger partial charge in [0, 0.05) is 17.0 Å². The van der Waals surface area contributed by atoms with E-state index in [4.69, 9.17) is 5.11 Å². The van der Waals surface area contributed by atoms with E-state index >= 15 is 0 Å². The summed E-state index contributed by atoms with van der Waals surface area (Å²) in [6.45, 7) is 2.81. The summed E-state index contributed by atoms with van der Waals surface area (Å²) in [7, 11) is 0. The molecule has 1 fully saturated rings. The number of carboxylic acids is 1. The summed E-state index contributed by atoms with van der Waals surface area (Å²) in [5.74, 6) is -0.859. The highest BCUT2D eigenvalue weighted by atomic mass is 32.2. The van der Waals surface area contributed by atoms with E-state index < -0.39 is 5.97 Å². The number of aromatic carboxylic acids is 1. The number of benzene rings is 1. The molecule has 1 aliphatic rings. The largest absolute Gasteiger partial charge is 0.478 e. The second kappa shape index (κ2) is 6.53. The lowest BCUT2D eigenvalue weighted by Crippen LogP contribution is -2.35. The van der Waals surface area contributed by atoms with Crippen molar-refractivity contribution in [3.63, 3.8) is 0 Å². The predicted octanol–water partition coefficient (Wildman–Crippen LogP) is 4.17. The Labute approximate surface area is 125 Å². The molecule has 0 spiro atoms. The molecule has 1 aromatic carbocycles. The van der Waals surface area contributed by atoms with Crippen LogP contribution in [0.4, 0.5) is 5.69 Å². The molecule has 3 nitrogen and oxygen atoms in total. The summed E-state index contributed by atoms with van der Waals surface area (Å²) in [5, 5.41) is 12.5. The van der Waals surface area contributed by atoms with Crippen LogP contribution in [0.15, 0.2) is 18.2 Å². The maximum atomic E-state index is 11.0. The van der Waals surface area contributed by atoms with E-state index in [0.29, 0.717) is 10.3 Å². The molecule has 0 heterocycles. The topological polar surface area (TPSA) is 49.3 Å². The molecule has 0 atom stereocenters. The standard InChI is InChI=1S/C16H23NO2S/c1-12-10-13(6-7-14(12)15(18)19)17-11-16(20-2)8-4-3-5-9-16/h6-7,10,17H,3-5,8-9,11H2,1-2H3,(H,18,19). The number of carboxylic acid groups (broad SMARTS) is 1. The molecule has 0 amide bonds. The summed E-state index contributed by atoms with van der Waals surface area (Å²) in [5.41, 5.74) is 2.21. The van der Waals surface area contributed by atoms with Crippen LogP contribution in [0.25, 0.3) is 0 Å². The maximum absolute atomic E-state index is 11.0.